The molecule has 0 saturated carbocycles. The number of nitrogens with zero attached hydrogens (tertiary/aromatic N) is 3. The average Bonchev–Trinajstić information content (AvgIpc) is 2.84. The molecule has 8 nitrogen and oxygen atoms in total. The number of carbonyl (C=O) groups excluding carboxylic acids is 2. The summed E-state index contributed by atoms with van der Waals surface area (Å²) in [7, 11) is -3.69. The lowest BCUT2D eigenvalue weighted by molar-refractivity contribution is -0.121. The number of nitriles is 1. The van der Waals surface area contributed by atoms with Crippen LogP contribution in [0.2, 0.25) is 0 Å². The standard InChI is InChI=1S/C23H25N3O5S/c24-13-8-16-26(20-10-3-1-4-11-20)22(27)18-31-23(28)19-9-7-12-21(17-19)32(29,30)25-14-5-2-6-15-25/h1,3-4,7,9-12,17H,2,5-6,8,14-16,18H2. The van der Waals surface area contributed by atoms with Crippen LogP contribution >= 0.6 is 0 Å². The summed E-state index contributed by atoms with van der Waals surface area (Å²) in [5.74, 6) is -1.26. The number of piperidine rings is 1. The third kappa shape index (κ3) is 5.72. The molecular weight excluding hydrogens is 430 g/mol. The molecule has 1 saturated heterocycles. The number of sulfonamides is 1. The van der Waals surface area contributed by atoms with Crippen LogP contribution in [0.25, 0.3) is 0 Å². The minimum absolute atomic E-state index is 0.0279. The Labute approximate surface area is 188 Å². The number of esters is 1. The van der Waals surface area contributed by atoms with Gasteiger partial charge in [0.1, 0.15) is 0 Å². The van der Waals surface area contributed by atoms with Gasteiger partial charge < -0.3 is 9.64 Å². The number of amides is 1. The van der Waals surface area contributed by atoms with E-state index in [0.29, 0.717) is 18.8 Å². The molecule has 0 N–H and O–H groups in total. The highest BCUT2D eigenvalue weighted by Gasteiger charge is 2.27. The van der Waals surface area contributed by atoms with Gasteiger partial charge in [-0.05, 0) is 43.2 Å². The quantitative estimate of drug-likeness (QED) is 0.566. The topological polar surface area (TPSA) is 108 Å². The minimum atomic E-state index is -3.69. The van der Waals surface area contributed by atoms with Crippen molar-refractivity contribution in [1.82, 2.24) is 4.31 Å². The van der Waals surface area contributed by atoms with E-state index in [2.05, 4.69) is 0 Å². The van der Waals surface area contributed by atoms with E-state index in [1.807, 2.05) is 6.07 Å². The van der Waals surface area contributed by atoms with E-state index in [4.69, 9.17) is 10.00 Å². The molecule has 1 heterocycles. The molecule has 2 aromatic carbocycles. The predicted octanol–water partition coefficient (Wildman–Crippen LogP) is 2.96. The smallest absolute Gasteiger partial charge is 0.338 e. The van der Waals surface area contributed by atoms with Crippen molar-refractivity contribution in [2.75, 3.05) is 31.1 Å². The lowest BCUT2D eigenvalue weighted by Gasteiger charge is -2.26. The molecule has 2 aromatic rings. The number of hydrogen-bond donors (Lipinski definition) is 0. The molecule has 0 aromatic heterocycles. The Morgan fingerprint density at radius 2 is 1.75 bits per heavy atom. The fourth-order valence-electron chi connectivity index (χ4n) is 3.49. The van der Waals surface area contributed by atoms with Crippen LogP contribution in [-0.4, -0.2) is 50.8 Å². The highest BCUT2D eigenvalue weighted by Crippen LogP contribution is 2.22. The lowest BCUT2D eigenvalue weighted by Crippen LogP contribution is -2.36. The molecule has 0 bridgehead atoms. The Bertz CT molecular complexity index is 1090. The van der Waals surface area contributed by atoms with E-state index in [1.54, 1.807) is 30.3 Å². The molecular formula is C23H25N3O5S. The number of ether oxygens (including phenoxy) is 1. The van der Waals surface area contributed by atoms with Crippen LogP contribution in [0.5, 0.6) is 0 Å². The summed E-state index contributed by atoms with van der Waals surface area (Å²) in [5.41, 5.74) is 0.651. The summed E-state index contributed by atoms with van der Waals surface area (Å²) in [6, 6.07) is 16.5. The third-order valence-corrected chi connectivity index (χ3v) is 7.06. The van der Waals surface area contributed by atoms with Gasteiger partial charge in [-0.25, -0.2) is 13.2 Å². The largest absolute Gasteiger partial charge is 0.452 e. The Hall–Kier alpha value is -3.22. The first-order valence-electron chi connectivity index (χ1n) is 10.4. The van der Waals surface area contributed by atoms with E-state index < -0.39 is 28.5 Å². The van der Waals surface area contributed by atoms with E-state index in [1.165, 1.54) is 33.5 Å². The summed E-state index contributed by atoms with van der Waals surface area (Å²) in [6.45, 7) is 0.565. The maximum atomic E-state index is 12.9. The van der Waals surface area contributed by atoms with Crippen LogP contribution in [0.4, 0.5) is 5.69 Å². The summed E-state index contributed by atoms with van der Waals surface area (Å²) >= 11 is 0. The second kappa shape index (κ2) is 10.9. The molecule has 1 aliphatic heterocycles. The van der Waals surface area contributed by atoms with E-state index in [0.717, 1.165) is 19.3 Å². The fourth-order valence-corrected chi connectivity index (χ4v) is 5.06. The number of para-hydroxylation sites is 1. The van der Waals surface area contributed by atoms with Gasteiger partial charge in [0.2, 0.25) is 10.0 Å². The van der Waals surface area contributed by atoms with E-state index in [-0.39, 0.29) is 23.4 Å². The van der Waals surface area contributed by atoms with Gasteiger partial charge in [-0.15, -0.1) is 0 Å². The predicted molar refractivity (Wildman–Crippen MR) is 118 cm³/mol. The Morgan fingerprint density at radius 3 is 2.44 bits per heavy atom. The fraction of sp³-hybridized carbons (Fsp3) is 0.348. The molecule has 9 heteroatoms. The highest BCUT2D eigenvalue weighted by molar-refractivity contribution is 7.89. The first-order chi connectivity index (χ1) is 15.4. The zero-order chi connectivity index (χ0) is 23.0. The van der Waals surface area contributed by atoms with Gasteiger partial charge in [0.05, 0.1) is 22.9 Å². The van der Waals surface area contributed by atoms with Crippen molar-refractivity contribution in [2.24, 2.45) is 0 Å². The third-order valence-electron chi connectivity index (χ3n) is 5.17. The van der Waals surface area contributed by atoms with Crippen LogP contribution < -0.4 is 4.90 Å². The van der Waals surface area contributed by atoms with Gasteiger partial charge in [0, 0.05) is 25.3 Å². The van der Waals surface area contributed by atoms with Crippen LogP contribution in [0.15, 0.2) is 59.5 Å². The number of carbonyl (C=O) groups is 2. The summed E-state index contributed by atoms with van der Waals surface area (Å²) in [6.07, 6.45) is 2.76. The Balaban J connectivity index is 1.68. The first kappa shape index (κ1) is 23.4. The van der Waals surface area contributed by atoms with E-state index in [9.17, 15) is 18.0 Å². The van der Waals surface area contributed by atoms with Crippen molar-refractivity contribution in [2.45, 2.75) is 30.6 Å². The van der Waals surface area contributed by atoms with E-state index >= 15 is 0 Å². The highest BCUT2D eigenvalue weighted by atomic mass is 32.2. The van der Waals surface area contributed by atoms with Gasteiger partial charge >= 0.3 is 5.97 Å². The first-order valence-corrected chi connectivity index (χ1v) is 11.9. The molecule has 1 aliphatic rings. The molecule has 1 fully saturated rings. The summed E-state index contributed by atoms with van der Waals surface area (Å²) in [5, 5.41) is 8.87. The average molecular weight is 456 g/mol. The Kier molecular flexibility index (Phi) is 7.98. The SMILES string of the molecule is N#CCCN(C(=O)COC(=O)c1cccc(S(=O)(=O)N2CCCCC2)c1)c1ccccc1. The molecule has 32 heavy (non-hydrogen) atoms. The van der Waals surface area contributed by atoms with Crippen LogP contribution in [-0.2, 0) is 19.6 Å². The number of anilines is 1. The summed E-state index contributed by atoms with van der Waals surface area (Å²) < 4.78 is 32.3. The molecule has 168 valence electrons. The normalized spacial score (nSPS) is 14.3. The van der Waals surface area contributed by atoms with Crippen LogP contribution in [0, 0.1) is 11.3 Å². The Morgan fingerprint density at radius 1 is 1.03 bits per heavy atom. The maximum absolute atomic E-state index is 12.9. The van der Waals surface area contributed by atoms with Gasteiger partial charge in [-0.3, -0.25) is 4.79 Å². The van der Waals surface area contributed by atoms with Gasteiger partial charge in [-0.2, -0.15) is 9.57 Å². The van der Waals surface area contributed by atoms with Crippen LogP contribution in [0.3, 0.4) is 0 Å². The number of hydrogen-bond acceptors (Lipinski definition) is 6. The molecule has 3 rings (SSSR count). The monoisotopic (exact) mass is 455 g/mol. The van der Waals surface area contributed by atoms with Crippen molar-refractivity contribution >= 4 is 27.6 Å². The van der Waals surface area contributed by atoms with Gasteiger partial charge in [0.15, 0.2) is 6.61 Å². The number of benzene rings is 2. The molecule has 0 aliphatic carbocycles. The second-order valence-corrected chi connectivity index (χ2v) is 9.30. The van der Waals surface area contributed by atoms with Crippen molar-refractivity contribution in [1.29, 1.82) is 5.26 Å². The lowest BCUT2D eigenvalue weighted by atomic mass is 10.2. The van der Waals surface area contributed by atoms with Gasteiger partial charge in [-0.1, -0.05) is 30.7 Å². The van der Waals surface area contributed by atoms with Crippen molar-refractivity contribution in [3.05, 3.63) is 60.2 Å². The maximum Gasteiger partial charge on any atom is 0.338 e. The van der Waals surface area contributed by atoms with Gasteiger partial charge in [0.25, 0.3) is 5.91 Å². The minimum Gasteiger partial charge on any atom is -0.452 e. The molecule has 1 amide bonds. The molecule has 0 unspecified atom stereocenters. The number of rotatable bonds is 8. The molecule has 0 spiro atoms. The summed E-state index contributed by atoms with van der Waals surface area (Å²) in [4.78, 5) is 26.6. The second-order valence-electron chi connectivity index (χ2n) is 7.36. The van der Waals surface area contributed by atoms with Crippen molar-refractivity contribution < 1.29 is 22.7 Å². The van der Waals surface area contributed by atoms with Crippen LogP contribution in [0.1, 0.15) is 36.0 Å². The molecule has 0 radical (unpaired) electrons. The zero-order valence-electron chi connectivity index (χ0n) is 17.6. The van der Waals surface area contributed by atoms with Crippen molar-refractivity contribution in [3.8, 4) is 6.07 Å². The zero-order valence-corrected chi connectivity index (χ0v) is 18.5. The molecule has 0 atom stereocenters. The van der Waals surface area contributed by atoms with Crippen molar-refractivity contribution in [3.63, 3.8) is 0 Å².